The smallest absolute Gasteiger partial charge is 0.342 e. The second kappa shape index (κ2) is 9.18. The second-order valence-electron chi connectivity index (χ2n) is 7.69. The van der Waals surface area contributed by atoms with Gasteiger partial charge >= 0.3 is 5.97 Å². The average Bonchev–Trinajstić information content (AvgIpc) is 3.44. The minimum atomic E-state index is -3.94. The second-order valence-corrected chi connectivity index (χ2v) is 9.55. The maximum Gasteiger partial charge on any atom is 0.342 e. The molecule has 0 saturated carbocycles. The maximum absolute atomic E-state index is 13.4. The summed E-state index contributed by atoms with van der Waals surface area (Å²) in [4.78, 5) is 25.1. The van der Waals surface area contributed by atoms with Gasteiger partial charge in [-0.05, 0) is 50.1 Å². The van der Waals surface area contributed by atoms with Gasteiger partial charge < -0.3 is 14.0 Å². The van der Waals surface area contributed by atoms with E-state index in [0.29, 0.717) is 24.3 Å². The number of aromatic nitrogens is 1. The van der Waals surface area contributed by atoms with Crippen LogP contribution < -0.4 is 14.4 Å². The number of methoxy groups -OCH3 is 1. The fourth-order valence-corrected chi connectivity index (χ4v) is 5.15. The van der Waals surface area contributed by atoms with Crippen LogP contribution in [0, 0.1) is 6.92 Å². The van der Waals surface area contributed by atoms with Crippen molar-refractivity contribution < 1.29 is 32.0 Å². The molecule has 1 atom stereocenters. The largest absolute Gasteiger partial charge is 0.496 e. The van der Waals surface area contributed by atoms with Gasteiger partial charge in [0.2, 0.25) is 5.88 Å². The van der Waals surface area contributed by atoms with Gasteiger partial charge in [0.15, 0.2) is 6.10 Å². The first-order valence-electron chi connectivity index (χ1n) is 10.4. The molecule has 0 fully saturated rings. The summed E-state index contributed by atoms with van der Waals surface area (Å²) in [6.45, 7) is 3.37. The number of nitrogens with one attached hydrogen (secondary N) is 1. The highest BCUT2D eigenvalue weighted by Gasteiger charge is 2.32. The first-order valence-corrected chi connectivity index (χ1v) is 11.9. The zero-order chi connectivity index (χ0) is 24.5. The first kappa shape index (κ1) is 23.3. The number of fused-ring (bicyclic) bond motifs is 1. The monoisotopic (exact) mass is 485 g/mol. The molecule has 0 bridgehead atoms. The van der Waals surface area contributed by atoms with E-state index in [-0.39, 0.29) is 22.1 Å². The Morgan fingerprint density at radius 3 is 2.65 bits per heavy atom. The minimum absolute atomic E-state index is 0.0915. The van der Waals surface area contributed by atoms with Crippen molar-refractivity contribution in [1.29, 1.82) is 0 Å². The molecule has 0 radical (unpaired) electrons. The van der Waals surface area contributed by atoms with Gasteiger partial charge in [-0.3, -0.25) is 14.4 Å². The number of esters is 1. The van der Waals surface area contributed by atoms with Gasteiger partial charge in [0.25, 0.3) is 15.9 Å². The molecule has 4 rings (SSSR count). The number of benzene rings is 2. The number of rotatable bonds is 7. The van der Waals surface area contributed by atoms with E-state index in [9.17, 15) is 18.0 Å². The van der Waals surface area contributed by atoms with Crippen LogP contribution in [0.5, 0.6) is 5.75 Å². The summed E-state index contributed by atoms with van der Waals surface area (Å²) in [5.74, 6) is -1.32. The standard InChI is InChI=1S/C23H23N3O7S/c1-14-12-21(33-25-14)24-22(27)15(2)32-23(28)18-13-17(8-9-20(18)31-3)34(29,30)26-11-10-16-6-4-5-7-19(16)26/h4-9,12-13,15H,10-11H2,1-3H3,(H,24,27)/t15-/m0/s1. The summed E-state index contributed by atoms with van der Waals surface area (Å²) in [6.07, 6.45) is -0.606. The van der Waals surface area contributed by atoms with Crippen molar-refractivity contribution in [3.63, 3.8) is 0 Å². The van der Waals surface area contributed by atoms with Crippen LogP contribution in [0.2, 0.25) is 0 Å². The van der Waals surface area contributed by atoms with Crippen molar-refractivity contribution in [3.05, 3.63) is 65.4 Å². The van der Waals surface area contributed by atoms with Gasteiger partial charge in [-0.2, -0.15) is 0 Å². The summed E-state index contributed by atoms with van der Waals surface area (Å²) in [5, 5.41) is 6.12. The number of para-hydroxylation sites is 1. The SMILES string of the molecule is COc1ccc(S(=O)(=O)N2CCc3ccccc32)cc1C(=O)O[C@@H](C)C(=O)Nc1cc(C)no1. The van der Waals surface area contributed by atoms with Gasteiger partial charge in [0, 0.05) is 12.6 Å². The molecular weight excluding hydrogens is 462 g/mol. The van der Waals surface area contributed by atoms with E-state index >= 15 is 0 Å². The van der Waals surface area contributed by atoms with Crippen LogP contribution in [-0.2, 0) is 26.0 Å². The molecule has 0 unspecified atom stereocenters. The fraction of sp³-hybridized carbons (Fsp3) is 0.261. The Labute approximate surface area is 196 Å². The molecule has 3 aromatic rings. The van der Waals surface area contributed by atoms with Crippen molar-refractivity contribution in [2.75, 3.05) is 23.3 Å². The Morgan fingerprint density at radius 1 is 1.18 bits per heavy atom. The van der Waals surface area contributed by atoms with Crippen molar-refractivity contribution in [2.45, 2.75) is 31.3 Å². The van der Waals surface area contributed by atoms with E-state index in [2.05, 4.69) is 10.5 Å². The average molecular weight is 486 g/mol. The number of nitrogens with zero attached hydrogens (tertiary/aromatic N) is 2. The van der Waals surface area contributed by atoms with E-state index < -0.39 is 28.0 Å². The topological polar surface area (TPSA) is 128 Å². The minimum Gasteiger partial charge on any atom is -0.496 e. The van der Waals surface area contributed by atoms with Gasteiger partial charge in [-0.25, -0.2) is 13.2 Å². The van der Waals surface area contributed by atoms with Gasteiger partial charge in [-0.15, -0.1) is 0 Å². The molecule has 1 N–H and O–H groups in total. The quantitative estimate of drug-likeness (QED) is 0.506. The molecule has 2 aromatic carbocycles. The number of anilines is 2. The number of ether oxygens (including phenoxy) is 2. The molecular formula is C23H23N3O7S. The zero-order valence-corrected chi connectivity index (χ0v) is 19.6. The van der Waals surface area contributed by atoms with Crippen molar-refractivity contribution >= 4 is 33.5 Å². The third-order valence-electron chi connectivity index (χ3n) is 5.35. The summed E-state index contributed by atoms with van der Waals surface area (Å²) < 4.78 is 43.4. The highest BCUT2D eigenvalue weighted by atomic mass is 32.2. The third kappa shape index (κ3) is 4.46. The van der Waals surface area contributed by atoms with Crippen LogP contribution in [0.4, 0.5) is 11.6 Å². The highest BCUT2D eigenvalue weighted by molar-refractivity contribution is 7.92. The molecule has 1 aromatic heterocycles. The van der Waals surface area contributed by atoms with Crippen LogP contribution in [0.1, 0.15) is 28.5 Å². The zero-order valence-electron chi connectivity index (χ0n) is 18.8. The Balaban J connectivity index is 1.56. The normalized spacial score (nSPS) is 13.8. The number of carbonyl (C=O) groups is 2. The molecule has 1 amide bonds. The highest BCUT2D eigenvalue weighted by Crippen LogP contribution is 2.34. The number of aryl methyl sites for hydroxylation is 1. The lowest BCUT2D eigenvalue weighted by Gasteiger charge is -2.20. The Bertz CT molecular complexity index is 1350. The van der Waals surface area contributed by atoms with E-state index in [1.807, 2.05) is 12.1 Å². The number of hydrogen-bond donors (Lipinski definition) is 1. The molecule has 10 nitrogen and oxygen atoms in total. The van der Waals surface area contributed by atoms with Crippen molar-refractivity contribution in [2.24, 2.45) is 0 Å². The molecule has 1 aliphatic rings. The van der Waals surface area contributed by atoms with Crippen molar-refractivity contribution in [3.8, 4) is 5.75 Å². The number of carbonyl (C=O) groups excluding carboxylic acids is 2. The van der Waals surface area contributed by atoms with Crippen LogP contribution in [0.25, 0.3) is 0 Å². The molecule has 0 aliphatic carbocycles. The van der Waals surface area contributed by atoms with Gasteiger partial charge in [0.1, 0.15) is 11.3 Å². The maximum atomic E-state index is 13.4. The predicted molar refractivity (Wildman–Crippen MR) is 122 cm³/mol. The van der Waals surface area contributed by atoms with Gasteiger partial charge in [0.05, 0.1) is 23.4 Å². The van der Waals surface area contributed by atoms with Gasteiger partial charge in [-0.1, -0.05) is 23.4 Å². The van der Waals surface area contributed by atoms with E-state index in [0.717, 1.165) is 5.56 Å². The summed E-state index contributed by atoms with van der Waals surface area (Å²) >= 11 is 0. The van der Waals surface area contributed by atoms with Crippen molar-refractivity contribution in [1.82, 2.24) is 5.16 Å². The lowest BCUT2D eigenvalue weighted by atomic mass is 10.2. The number of hydrogen-bond acceptors (Lipinski definition) is 8. The van der Waals surface area contributed by atoms with Crippen LogP contribution in [0.15, 0.2) is 57.9 Å². The third-order valence-corrected chi connectivity index (χ3v) is 7.16. The fourth-order valence-electron chi connectivity index (χ4n) is 3.62. The summed E-state index contributed by atoms with van der Waals surface area (Å²) in [5.41, 5.74) is 1.99. The lowest BCUT2D eigenvalue weighted by molar-refractivity contribution is -0.123. The number of amides is 1. The Kier molecular flexibility index (Phi) is 6.29. The molecule has 0 spiro atoms. The van der Waals surface area contributed by atoms with E-state index in [1.165, 1.54) is 42.6 Å². The molecule has 178 valence electrons. The lowest BCUT2D eigenvalue weighted by Crippen LogP contribution is -2.31. The van der Waals surface area contributed by atoms with Crippen LogP contribution >= 0.6 is 0 Å². The predicted octanol–water partition coefficient (Wildman–Crippen LogP) is 2.93. The molecule has 0 saturated heterocycles. The number of sulfonamides is 1. The first-order chi connectivity index (χ1) is 16.2. The van der Waals surface area contributed by atoms with E-state index in [1.54, 1.807) is 19.1 Å². The van der Waals surface area contributed by atoms with E-state index in [4.69, 9.17) is 14.0 Å². The van der Waals surface area contributed by atoms with Crippen LogP contribution in [-0.4, -0.2) is 45.2 Å². The molecule has 11 heteroatoms. The van der Waals surface area contributed by atoms with Crippen LogP contribution in [0.3, 0.4) is 0 Å². The summed E-state index contributed by atoms with van der Waals surface area (Å²) in [7, 11) is -2.60. The Hall–Kier alpha value is -3.86. The Morgan fingerprint density at radius 2 is 1.94 bits per heavy atom. The summed E-state index contributed by atoms with van der Waals surface area (Å²) in [6, 6.07) is 12.7. The molecule has 1 aliphatic heterocycles. The molecule has 34 heavy (non-hydrogen) atoms. The molecule has 2 heterocycles.